The number of pyridine rings is 1. The van der Waals surface area contributed by atoms with Crippen molar-refractivity contribution < 1.29 is 9.53 Å². The second-order valence-corrected chi connectivity index (χ2v) is 7.58. The van der Waals surface area contributed by atoms with Gasteiger partial charge in [-0.25, -0.2) is 19.6 Å². The second-order valence-electron chi connectivity index (χ2n) is 7.58. The number of nitrogens with one attached hydrogen (secondary N) is 1. The van der Waals surface area contributed by atoms with E-state index in [4.69, 9.17) is 4.74 Å². The van der Waals surface area contributed by atoms with E-state index in [2.05, 4.69) is 15.0 Å². The van der Waals surface area contributed by atoms with E-state index in [0.717, 1.165) is 24.6 Å². The highest BCUT2D eigenvalue weighted by molar-refractivity contribution is 5.91. The fourth-order valence-corrected chi connectivity index (χ4v) is 3.70. The average molecular weight is 435 g/mol. The Hall–Kier alpha value is -3.75. The van der Waals surface area contributed by atoms with Gasteiger partial charge in [0.25, 0.3) is 5.56 Å². The van der Waals surface area contributed by atoms with Crippen molar-refractivity contribution in [1.82, 2.24) is 24.1 Å². The van der Waals surface area contributed by atoms with Crippen LogP contribution in [0.4, 0.5) is 0 Å². The molecule has 0 aliphatic carbocycles. The minimum absolute atomic E-state index is 0.135. The summed E-state index contributed by atoms with van der Waals surface area (Å²) in [7, 11) is 0. The number of benzene rings is 1. The predicted molar refractivity (Wildman–Crippen MR) is 121 cm³/mol. The number of nitrogens with zero attached hydrogens (tertiary/aromatic N) is 4. The van der Waals surface area contributed by atoms with E-state index in [1.165, 1.54) is 4.57 Å². The monoisotopic (exact) mass is 435 g/mol. The van der Waals surface area contributed by atoms with Crippen LogP contribution in [0.3, 0.4) is 0 Å². The number of hydrogen-bond donors (Lipinski definition) is 1. The maximum Gasteiger partial charge on any atom is 0.357 e. The Morgan fingerprint density at radius 2 is 1.81 bits per heavy atom. The predicted octanol–water partition coefficient (Wildman–Crippen LogP) is 3.00. The number of aromatic amines is 1. The van der Waals surface area contributed by atoms with E-state index in [1.807, 2.05) is 44.2 Å². The number of ether oxygens (including phenoxy) is 1. The standard InChI is InChI=1S/C23H25N5O4/c1-3-5-13-28-20-19(21(29)26-23(28)31)27(12-4-2)18(25-20)14-32-22(30)17-11-10-15-8-6-7-9-16(15)24-17/h6-11H,3-5,12-14H2,1-2H3,(H,26,29,31). The lowest BCUT2D eigenvalue weighted by Crippen LogP contribution is -2.31. The molecule has 9 heteroatoms. The van der Waals surface area contributed by atoms with Crippen LogP contribution in [0.15, 0.2) is 46.0 Å². The molecule has 0 spiro atoms. The molecule has 3 aromatic heterocycles. The number of carbonyl (C=O) groups excluding carboxylic acids is 1. The molecule has 4 aromatic rings. The molecule has 0 aliphatic heterocycles. The summed E-state index contributed by atoms with van der Waals surface area (Å²) in [5.41, 5.74) is 0.549. The van der Waals surface area contributed by atoms with Crippen molar-refractivity contribution in [3.8, 4) is 0 Å². The highest BCUT2D eigenvalue weighted by Gasteiger charge is 2.20. The molecule has 166 valence electrons. The van der Waals surface area contributed by atoms with Crippen LogP contribution in [0.5, 0.6) is 0 Å². The summed E-state index contributed by atoms with van der Waals surface area (Å²) >= 11 is 0. The lowest BCUT2D eigenvalue weighted by Gasteiger charge is -2.08. The van der Waals surface area contributed by atoms with Gasteiger partial charge in [0.2, 0.25) is 0 Å². The number of fused-ring (bicyclic) bond motifs is 2. The summed E-state index contributed by atoms with van der Waals surface area (Å²) in [6.07, 6.45) is 2.41. The van der Waals surface area contributed by atoms with Gasteiger partial charge >= 0.3 is 11.7 Å². The molecule has 1 aromatic carbocycles. The lowest BCUT2D eigenvalue weighted by atomic mass is 10.2. The maximum atomic E-state index is 12.6. The Morgan fingerprint density at radius 3 is 2.59 bits per heavy atom. The maximum absolute atomic E-state index is 12.6. The lowest BCUT2D eigenvalue weighted by molar-refractivity contribution is 0.0452. The minimum atomic E-state index is -0.580. The number of rotatable bonds is 8. The molecular formula is C23H25N5O4. The Morgan fingerprint density at radius 1 is 1.00 bits per heavy atom. The number of carbonyl (C=O) groups is 1. The molecule has 0 fully saturated rings. The molecular weight excluding hydrogens is 410 g/mol. The van der Waals surface area contributed by atoms with Gasteiger partial charge in [0.05, 0.1) is 5.52 Å². The van der Waals surface area contributed by atoms with Gasteiger partial charge in [0, 0.05) is 18.5 Å². The first-order valence-electron chi connectivity index (χ1n) is 10.8. The Bertz CT molecular complexity index is 1400. The highest BCUT2D eigenvalue weighted by atomic mass is 16.5. The number of aryl methyl sites for hydroxylation is 2. The van der Waals surface area contributed by atoms with E-state index in [9.17, 15) is 14.4 Å². The quantitative estimate of drug-likeness (QED) is 0.426. The fraction of sp³-hybridized carbons (Fsp3) is 0.348. The Kier molecular flexibility index (Phi) is 6.16. The van der Waals surface area contributed by atoms with Crippen LogP contribution in [0.1, 0.15) is 49.4 Å². The van der Waals surface area contributed by atoms with Gasteiger partial charge in [0.1, 0.15) is 18.1 Å². The number of aromatic nitrogens is 5. The third-order valence-electron chi connectivity index (χ3n) is 5.29. The molecule has 1 N–H and O–H groups in total. The van der Waals surface area contributed by atoms with Crippen molar-refractivity contribution in [3.05, 3.63) is 68.8 Å². The number of hydrogen-bond acceptors (Lipinski definition) is 6. The van der Waals surface area contributed by atoms with Gasteiger partial charge in [-0.05, 0) is 25.0 Å². The van der Waals surface area contributed by atoms with Crippen LogP contribution in [-0.4, -0.2) is 30.1 Å². The number of unbranched alkanes of at least 4 members (excludes halogenated alkanes) is 1. The zero-order valence-electron chi connectivity index (χ0n) is 18.1. The molecule has 0 radical (unpaired) electrons. The number of H-pyrrole nitrogens is 1. The molecule has 0 atom stereocenters. The fourth-order valence-electron chi connectivity index (χ4n) is 3.70. The van der Waals surface area contributed by atoms with Crippen LogP contribution < -0.4 is 11.2 Å². The highest BCUT2D eigenvalue weighted by Crippen LogP contribution is 2.16. The largest absolute Gasteiger partial charge is 0.453 e. The van der Waals surface area contributed by atoms with Crippen molar-refractivity contribution in [2.45, 2.75) is 52.8 Å². The normalized spacial score (nSPS) is 11.3. The van der Waals surface area contributed by atoms with Gasteiger partial charge < -0.3 is 9.30 Å². The Labute approximate surface area is 183 Å². The molecule has 0 aliphatic rings. The van der Waals surface area contributed by atoms with Crippen molar-refractivity contribution in [2.24, 2.45) is 0 Å². The summed E-state index contributed by atoms with van der Waals surface area (Å²) in [5.74, 6) is -0.166. The number of imidazole rings is 1. The molecule has 3 heterocycles. The van der Waals surface area contributed by atoms with Gasteiger partial charge in [-0.3, -0.25) is 14.3 Å². The SMILES string of the molecule is CCCCn1c(=O)[nH]c(=O)c2c1nc(COC(=O)c1ccc3ccccc3n1)n2CCC. The molecule has 0 amide bonds. The van der Waals surface area contributed by atoms with Crippen LogP contribution in [-0.2, 0) is 24.4 Å². The van der Waals surface area contributed by atoms with E-state index in [1.54, 1.807) is 10.6 Å². The zero-order valence-corrected chi connectivity index (χ0v) is 18.1. The van der Waals surface area contributed by atoms with Gasteiger partial charge in [-0.15, -0.1) is 0 Å². The summed E-state index contributed by atoms with van der Waals surface area (Å²) in [6, 6.07) is 10.9. The van der Waals surface area contributed by atoms with Gasteiger partial charge in [-0.2, -0.15) is 0 Å². The van der Waals surface area contributed by atoms with Gasteiger partial charge in [0.15, 0.2) is 11.2 Å². The molecule has 4 rings (SSSR count). The van der Waals surface area contributed by atoms with Crippen molar-refractivity contribution in [2.75, 3.05) is 0 Å². The topological polar surface area (TPSA) is 112 Å². The number of para-hydroxylation sites is 1. The Balaban J connectivity index is 1.67. The van der Waals surface area contributed by atoms with Crippen LogP contribution in [0.2, 0.25) is 0 Å². The first kappa shape index (κ1) is 21.5. The molecule has 9 nitrogen and oxygen atoms in total. The smallest absolute Gasteiger partial charge is 0.357 e. The van der Waals surface area contributed by atoms with E-state index in [-0.39, 0.29) is 12.3 Å². The first-order valence-corrected chi connectivity index (χ1v) is 10.8. The summed E-state index contributed by atoms with van der Waals surface area (Å²) in [6.45, 7) is 4.82. The van der Waals surface area contributed by atoms with Crippen molar-refractivity contribution >= 4 is 28.0 Å². The van der Waals surface area contributed by atoms with Crippen molar-refractivity contribution in [1.29, 1.82) is 0 Å². The van der Waals surface area contributed by atoms with Crippen LogP contribution in [0.25, 0.3) is 22.1 Å². The van der Waals surface area contributed by atoms with E-state index in [0.29, 0.717) is 35.6 Å². The first-order chi connectivity index (χ1) is 15.5. The van der Waals surface area contributed by atoms with Crippen molar-refractivity contribution in [3.63, 3.8) is 0 Å². The molecule has 0 unspecified atom stereocenters. The molecule has 0 saturated heterocycles. The summed E-state index contributed by atoms with van der Waals surface area (Å²) < 4.78 is 8.68. The molecule has 32 heavy (non-hydrogen) atoms. The summed E-state index contributed by atoms with van der Waals surface area (Å²) in [4.78, 5) is 48.8. The number of esters is 1. The van der Waals surface area contributed by atoms with Crippen LogP contribution >= 0.6 is 0 Å². The van der Waals surface area contributed by atoms with Gasteiger partial charge in [-0.1, -0.05) is 44.5 Å². The third-order valence-corrected chi connectivity index (χ3v) is 5.29. The second kappa shape index (κ2) is 9.17. The van der Waals surface area contributed by atoms with Crippen LogP contribution in [0, 0.1) is 0 Å². The molecule has 0 bridgehead atoms. The average Bonchev–Trinajstić information content (AvgIpc) is 3.15. The molecule has 0 saturated carbocycles. The third kappa shape index (κ3) is 4.05. The minimum Gasteiger partial charge on any atom is -0.453 e. The van der Waals surface area contributed by atoms with E-state index < -0.39 is 17.2 Å². The summed E-state index contributed by atoms with van der Waals surface area (Å²) in [5, 5.41) is 0.929. The zero-order chi connectivity index (χ0) is 22.7. The van der Waals surface area contributed by atoms with E-state index >= 15 is 0 Å².